The summed E-state index contributed by atoms with van der Waals surface area (Å²) in [6.45, 7) is 4.27. The number of hydrogen-bond donors (Lipinski definition) is 1. The third kappa shape index (κ3) is 7.45. The zero-order valence-corrected chi connectivity index (χ0v) is 20.5. The second kappa shape index (κ2) is 12.4. The number of nitrogens with zero attached hydrogens (tertiary/aromatic N) is 3. The average molecular weight is 495 g/mol. The molecule has 0 radical (unpaired) electrons. The molecule has 0 spiro atoms. The highest BCUT2D eigenvalue weighted by Crippen LogP contribution is 2.33. The van der Waals surface area contributed by atoms with Gasteiger partial charge in [-0.25, -0.2) is 19.3 Å². The molecule has 2 heterocycles. The van der Waals surface area contributed by atoms with Crippen LogP contribution >= 0.6 is 0 Å². The molecule has 4 rings (SSSR count). The van der Waals surface area contributed by atoms with Crippen LogP contribution in [0.1, 0.15) is 45.1 Å². The summed E-state index contributed by atoms with van der Waals surface area (Å²) in [6.07, 6.45) is 7.33. The van der Waals surface area contributed by atoms with Crippen LogP contribution in [0.2, 0.25) is 0 Å². The van der Waals surface area contributed by atoms with E-state index in [4.69, 9.17) is 14.2 Å². The topological polar surface area (TPSA) is 95.5 Å². The van der Waals surface area contributed by atoms with E-state index >= 15 is 0 Å². The summed E-state index contributed by atoms with van der Waals surface area (Å²) >= 11 is 0. The van der Waals surface area contributed by atoms with Gasteiger partial charge in [0.1, 0.15) is 12.7 Å². The maximum Gasteiger partial charge on any atom is 0.257 e. The quantitative estimate of drug-likeness (QED) is 0.444. The van der Waals surface area contributed by atoms with Crippen LogP contribution < -0.4 is 14.8 Å². The number of ether oxygens (including phenoxy) is 3. The van der Waals surface area contributed by atoms with Gasteiger partial charge in [0.15, 0.2) is 17.4 Å². The fraction of sp³-hybridized carbons (Fsp3) is 0.407. The Hall–Kier alpha value is -3.59. The zero-order chi connectivity index (χ0) is 25.3. The predicted molar refractivity (Wildman–Crippen MR) is 132 cm³/mol. The highest BCUT2D eigenvalue weighted by Gasteiger charge is 2.25. The Balaban J connectivity index is 1.40. The molecule has 0 unspecified atom stereocenters. The molecule has 2 aromatic heterocycles. The minimum atomic E-state index is -0.503. The van der Waals surface area contributed by atoms with E-state index in [2.05, 4.69) is 20.3 Å². The van der Waals surface area contributed by atoms with Gasteiger partial charge >= 0.3 is 0 Å². The molecule has 190 valence electrons. The monoisotopic (exact) mass is 494 g/mol. The lowest BCUT2D eigenvalue weighted by molar-refractivity contribution is -0.120. The molecule has 1 aromatic carbocycles. The van der Waals surface area contributed by atoms with Crippen LogP contribution in [-0.2, 0) is 16.1 Å². The normalized spacial score (nSPS) is 18.3. The Morgan fingerprint density at radius 1 is 1.06 bits per heavy atom. The number of hydrogen-bond acceptors (Lipinski definition) is 7. The number of aromatic nitrogens is 3. The maximum atomic E-state index is 13.3. The third-order valence-corrected chi connectivity index (χ3v) is 5.87. The van der Waals surface area contributed by atoms with Crippen molar-refractivity contribution in [3.05, 3.63) is 66.4 Å². The van der Waals surface area contributed by atoms with Gasteiger partial charge in [-0.2, -0.15) is 0 Å². The van der Waals surface area contributed by atoms with Crippen molar-refractivity contribution < 1.29 is 23.4 Å². The first kappa shape index (κ1) is 25.5. The largest absolute Gasteiger partial charge is 0.483 e. The molecule has 1 saturated carbocycles. The van der Waals surface area contributed by atoms with Gasteiger partial charge in [-0.15, -0.1) is 0 Å². The highest BCUT2D eigenvalue weighted by atomic mass is 19.1. The summed E-state index contributed by atoms with van der Waals surface area (Å²) in [5.74, 6) is 0.674. The minimum Gasteiger partial charge on any atom is -0.483 e. The smallest absolute Gasteiger partial charge is 0.257 e. The van der Waals surface area contributed by atoms with Crippen LogP contribution in [0, 0.1) is 5.82 Å². The zero-order valence-electron chi connectivity index (χ0n) is 20.5. The summed E-state index contributed by atoms with van der Waals surface area (Å²) < 4.78 is 31.6. The number of pyridine rings is 1. The van der Waals surface area contributed by atoms with E-state index in [0.717, 1.165) is 43.6 Å². The fourth-order valence-corrected chi connectivity index (χ4v) is 4.09. The van der Waals surface area contributed by atoms with Gasteiger partial charge in [-0.1, -0.05) is 30.3 Å². The SMILES string of the molecule is CC(=O)N[C@@H](C)COC1CCC(Oc2ncc(-c3ncc(F)cn3)cc2OCc2ccccc2)CC1. The highest BCUT2D eigenvalue weighted by molar-refractivity contribution is 5.73. The number of carbonyl (C=O) groups excluding carboxylic acids is 1. The summed E-state index contributed by atoms with van der Waals surface area (Å²) in [5, 5.41) is 2.83. The Kier molecular flexibility index (Phi) is 8.78. The van der Waals surface area contributed by atoms with Gasteiger partial charge in [0, 0.05) is 24.7 Å². The minimum absolute atomic E-state index is 0.0166. The Labute approximate surface area is 210 Å². The van der Waals surface area contributed by atoms with Crippen LogP contribution in [-0.4, -0.2) is 45.7 Å². The lowest BCUT2D eigenvalue weighted by Crippen LogP contribution is -2.36. The van der Waals surface area contributed by atoms with Crippen LogP contribution in [0.15, 0.2) is 55.0 Å². The van der Waals surface area contributed by atoms with Crippen LogP contribution in [0.5, 0.6) is 11.6 Å². The molecule has 3 aromatic rings. The molecule has 1 aliphatic rings. The third-order valence-electron chi connectivity index (χ3n) is 5.87. The summed E-state index contributed by atoms with van der Waals surface area (Å²) in [5.41, 5.74) is 1.62. The first-order valence-corrected chi connectivity index (χ1v) is 12.2. The molecule has 1 atom stereocenters. The lowest BCUT2D eigenvalue weighted by Gasteiger charge is -2.30. The Morgan fingerprint density at radius 2 is 1.75 bits per heavy atom. The molecule has 36 heavy (non-hydrogen) atoms. The van der Waals surface area contributed by atoms with E-state index in [1.807, 2.05) is 37.3 Å². The van der Waals surface area contributed by atoms with Crippen molar-refractivity contribution in [3.63, 3.8) is 0 Å². The van der Waals surface area contributed by atoms with Crippen molar-refractivity contribution in [1.82, 2.24) is 20.3 Å². The molecule has 1 fully saturated rings. The van der Waals surface area contributed by atoms with E-state index in [1.165, 1.54) is 6.92 Å². The van der Waals surface area contributed by atoms with Gasteiger partial charge in [0.2, 0.25) is 5.91 Å². The summed E-state index contributed by atoms with van der Waals surface area (Å²) in [7, 11) is 0. The van der Waals surface area contributed by atoms with E-state index in [9.17, 15) is 9.18 Å². The van der Waals surface area contributed by atoms with Crippen molar-refractivity contribution >= 4 is 5.91 Å². The van der Waals surface area contributed by atoms with E-state index in [1.54, 1.807) is 12.3 Å². The van der Waals surface area contributed by atoms with E-state index in [-0.39, 0.29) is 24.2 Å². The molecule has 0 saturated heterocycles. The molecule has 1 N–H and O–H groups in total. The Bertz CT molecular complexity index is 1120. The molecule has 0 bridgehead atoms. The van der Waals surface area contributed by atoms with Crippen molar-refractivity contribution in [2.75, 3.05) is 6.61 Å². The second-order valence-electron chi connectivity index (χ2n) is 8.98. The molecule has 1 aliphatic carbocycles. The summed E-state index contributed by atoms with van der Waals surface area (Å²) in [4.78, 5) is 23.8. The van der Waals surface area contributed by atoms with Crippen molar-refractivity contribution in [1.29, 1.82) is 0 Å². The van der Waals surface area contributed by atoms with Crippen LogP contribution in [0.25, 0.3) is 11.4 Å². The number of benzene rings is 1. The number of halogens is 1. The van der Waals surface area contributed by atoms with Crippen molar-refractivity contribution in [2.45, 2.75) is 64.4 Å². The molecular formula is C27H31FN4O4. The lowest BCUT2D eigenvalue weighted by atomic mass is 9.95. The second-order valence-corrected chi connectivity index (χ2v) is 8.98. The van der Waals surface area contributed by atoms with E-state index in [0.29, 0.717) is 36.2 Å². The average Bonchev–Trinajstić information content (AvgIpc) is 2.88. The number of rotatable bonds is 10. The number of nitrogens with one attached hydrogen (secondary N) is 1. The van der Waals surface area contributed by atoms with Crippen molar-refractivity contribution in [2.24, 2.45) is 0 Å². The standard InChI is InChI=1S/C27H31FN4O4/c1-18(32-19(2)33)16-34-23-8-10-24(11-9-23)36-27-25(35-17-20-6-4-3-5-7-20)12-21(13-31-27)26-29-14-22(28)15-30-26/h3-7,12-15,18,23-24H,8-11,16-17H2,1-2H3,(H,32,33)/t18-,23?,24?/m0/s1. The molecule has 9 heteroatoms. The fourth-order valence-electron chi connectivity index (χ4n) is 4.09. The predicted octanol–water partition coefficient (Wildman–Crippen LogP) is 4.49. The molecular weight excluding hydrogens is 463 g/mol. The molecule has 1 amide bonds. The van der Waals surface area contributed by atoms with Crippen molar-refractivity contribution in [3.8, 4) is 23.0 Å². The first-order valence-electron chi connectivity index (χ1n) is 12.2. The number of amides is 1. The molecule has 8 nitrogen and oxygen atoms in total. The van der Waals surface area contributed by atoms with Gasteiger partial charge in [-0.3, -0.25) is 4.79 Å². The number of carbonyl (C=O) groups is 1. The first-order chi connectivity index (χ1) is 17.5. The maximum absolute atomic E-state index is 13.3. The Morgan fingerprint density at radius 3 is 2.44 bits per heavy atom. The van der Waals surface area contributed by atoms with E-state index < -0.39 is 5.82 Å². The van der Waals surface area contributed by atoms with Crippen LogP contribution in [0.4, 0.5) is 4.39 Å². The van der Waals surface area contributed by atoms with Gasteiger partial charge in [0.05, 0.1) is 25.1 Å². The molecule has 0 aliphatic heterocycles. The van der Waals surface area contributed by atoms with Gasteiger partial charge < -0.3 is 19.5 Å². The van der Waals surface area contributed by atoms with Crippen LogP contribution in [0.3, 0.4) is 0 Å². The van der Waals surface area contributed by atoms with Gasteiger partial charge in [-0.05, 0) is 44.2 Å². The summed E-state index contributed by atoms with van der Waals surface area (Å²) in [6, 6.07) is 11.6. The van der Waals surface area contributed by atoms with Gasteiger partial charge in [0.25, 0.3) is 5.88 Å².